The van der Waals surface area contributed by atoms with Gasteiger partial charge in [-0.3, -0.25) is 9.69 Å². The molecule has 3 N–H and O–H groups in total. The number of urea groups is 1. The van der Waals surface area contributed by atoms with Crippen LogP contribution in [0.25, 0.3) is 0 Å². The van der Waals surface area contributed by atoms with Gasteiger partial charge in [-0.1, -0.05) is 6.92 Å². The molecule has 2 amide bonds. The summed E-state index contributed by atoms with van der Waals surface area (Å²) in [7, 11) is 0. The minimum atomic E-state index is -1.40. The van der Waals surface area contributed by atoms with Crippen molar-refractivity contribution in [3.05, 3.63) is 0 Å². The zero-order valence-corrected chi connectivity index (χ0v) is 11.7. The van der Waals surface area contributed by atoms with Gasteiger partial charge in [-0.05, 0) is 13.5 Å². The van der Waals surface area contributed by atoms with Gasteiger partial charge in [0.1, 0.15) is 6.04 Å². The van der Waals surface area contributed by atoms with Gasteiger partial charge in [0.2, 0.25) is 0 Å². The van der Waals surface area contributed by atoms with Crippen LogP contribution < -0.4 is 5.32 Å². The Labute approximate surface area is 117 Å². The maximum atomic E-state index is 12.0. The van der Waals surface area contributed by atoms with Gasteiger partial charge in [0, 0.05) is 25.7 Å². The Balaban J connectivity index is 2.57. The van der Waals surface area contributed by atoms with Crippen LogP contribution in [0.3, 0.4) is 0 Å². The number of hydrogen-bond donors (Lipinski definition) is 3. The number of carboxylic acid groups (broad SMARTS) is 2. The molecule has 8 nitrogen and oxygen atoms in total. The molecular weight excluding hydrogens is 266 g/mol. The van der Waals surface area contributed by atoms with E-state index in [9.17, 15) is 14.4 Å². The number of likely N-dealkylation sites (N-methyl/N-ethyl adjacent to an activating group) is 1. The maximum absolute atomic E-state index is 12.0. The molecule has 0 aromatic heterocycles. The first-order chi connectivity index (χ1) is 9.35. The number of piperazine rings is 1. The number of amides is 2. The number of hydrogen-bond acceptors (Lipinski definition) is 4. The highest BCUT2D eigenvalue weighted by Crippen LogP contribution is 2.09. The molecule has 20 heavy (non-hydrogen) atoms. The van der Waals surface area contributed by atoms with Gasteiger partial charge in [-0.15, -0.1) is 0 Å². The summed E-state index contributed by atoms with van der Waals surface area (Å²) in [4.78, 5) is 37.2. The first-order valence-electron chi connectivity index (χ1n) is 6.59. The fraction of sp³-hybridized carbons (Fsp3) is 0.750. The average Bonchev–Trinajstić information content (AvgIpc) is 2.37. The Morgan fingerprint density at radius 2 is 1.95 bits per heavy atom. The maximum Gasteiger partial charge on any atom is 0.326 e. The third-order valence-electron chi connectivity index (χ3n) is 3.43. The van der Waals surface area contributed by atoms with E-state index in [0.717, 1.165) is 13.1 Å². The third-order valence-corrected chi connectivity index (χ3v) is 3.43. The molecule has 0 saturated carbocycles. The quantitative estimate of drug-likeness (QED) is 0.637. The molecule has 2 atom stereocenters. The highest BCUT2D eigenvalue weighted by atomic mass is 16.4. The molecule has 1 rings (SSSR count). The summed E-state index contributed by atoms with van der Waals surface area (Å²) >= 11 is 0. The zero-order valence-electron chi connectivity index (χ0n) is 11.7. The van der Waals surface area contributed by atoms with Crippen LogP contribution in [-0.2, 0) is 9.59 Å². The van der Waals surface area contributed by atoms with Gasteiger partial charge in [0.05, 0.1) is 6.42 Å². The average molecular weight is 287 g/mol. The fourth-order valence-corrected chi connectivity index (χ4v) is 2.26. The van der Waals surface area contributed by atoms with E-state index in [-0.39, 0.29) is 6.04 Å². The first kappa shape index (κ1) is 16.2. The molecule has 1 fully saturated rings. The van der Waals surface area contributed by atoms with E-state index < -0.39 is 30.4 Å². The minimum Gasteiger partial charge on any atom is -0.481 e. The Morgan fingerprint density at radius 1 is 1.30 bits per heavy atom. The lowest BCUT2D eigenvalue weighted by molar-refractivity contribution is -0.145. The summed E-state index contributed by atoms with van der Waals surface area (Å²) in [5.41, 5.74) is 0. The fourth-order valence-electron chi connectivity index (χ4n) is 2.26. The second kappa shape index (κ2) is 7.09. The monoisotopic (exact) mass is 287 g/mol. The number of carbonyl (C=O) groups excluding carboxylic acids is 1. The van der Waals surface area contributed by atoms with E-state index in [1.54, 1.807) is 0 Å². The lowest BCUT2D eigenvalue weighted by Gasteiger charge is -2.39. The standard InChI is InChI=1S/C12H21N3O5/c1-3-14-4-5-15(7-8(14)2)12(20)13-9(11(18)19)6-10(16)17/h8-9H,3-7H2,1-2H3,(H,13,20)(H,16,17)(H,18,19). The van der Waals surface area contributed by atoms with E-state index in [1.165, 1.54) is 4.90 Å². The van der Waals surface area contributed by atoms with Crippen LogP contribution in [0.1, 0.15) is 20.3 Å². The van der Waals surface area contributed by atoms with Crippen molar-refractivity contribution < 1.29 is 24.6 Å². The van der Waals surface area contributed by atoms with E-state index >= 15 is 0 Å². The predicted octanol–water partition coefficient (Wildman–Crippen LogP) is -0.350. The second-order valence-corrected chi connectivity index (χ2v) is 4.86. The number of nitrogens with one attached hydrogen (secondary N) is 1. The molecule has 0 spiro atoms. The Morgan fingerprint density at radius 3 is 2.40 bits per heavy atom. The smallest absolute Gasteiger partial charge is 0.326 e. The van der Waals surface area contributed by atoms with E-state index in [1.807, 2.05) is 13.8 Å². The molecule has 2 unspecified atom stereocenters. The predicted molar refractivity (Wildman–Crippen MR) is 70.5 cm³/mol. The van der Waals surface area contributed by atoms with Crippen LogP contribution in [0.15, 0.2) is 0 Å². The van der Waals surface area contributed by atoms with Crippen LogP contribution in [0.4, 0.5) is 4.79 Å². The molecule has 8 heteroatoms. The van der Waals surface area contributed by atoms with Crippen LogP contribution in [-0.4, -0.2) is 76.2 Å². The lowest BCUT2D eigenvalue weighted by atomic mass is 10.2. The van der Waals surface area contributed by atoms with Gasteiger partial charge >= 0.3 is 18.0 Å². The topological polar surface area (TPSA) is 110 Å². The zero-order chi connectivity index (χ0) is 15.3. The Hall–Kier alpha value is -1.83. The molecule has 0 aliphatic carbocycles. The van der Waals surface area contributed by atoms with Crippen LogP contribution >= 0.6 is 0 Å². The van der Waals surface area contributed by atoms with Gasteiger partial charge in [-0.2, -0.15) is 0 Å². The highest BCUT2D eigenvalue weighted by molar-refractivity contribution is 5.86. The van der Waals surface area contributed by atoms with Crippen molar-refractivity contribution in [2.75, 3.05) is 26.2 Å². The molecule has 114 valence electrons. The van der Waals surface area contributed by atoms with Crippen LogP contribution in [0.5, 0.6) is 0 Å². The van der Waals surface area contributed by atoms with Crippen molar-refractivity contribution in [3.8, 4) is 0 Å². The van der Waals surface area contributed by atoms with Crippen LogP contribution in [0.2, 0.25) is 0 Å². The van der Waals surface area contributed by atoms with Crippen molar-refractivity contribution in [2.24, 2.45) is 0 Å². The molecule has 0 radical (unpaired) electrons. The number of aliphatic carboxylic acids is 2. The summed E-state index contributed by atoms with van der Waals surface area (Å²) in [6, 6.07) is -1.73. The largest absolute Gasteiger partial charge is 0.481 e. The van der Waals surface area contributed by atoms with Crippen molar-refractivity contribution in [2.45, 2.75) is 32.4 Å². The van der Waals surface area contributed by atoms with Crippen molar-refractivity contribution in [3.63, 3.8) is 0 Å². The summed E-state index contributed by atoms with van der Waals surface area (Å²) in [5.74, 6) is -2.61. The first-order valence-corrected chi connectivity index (χ1v) is 6.59. The Kier molecular flexibility index (Phi) is 5.75. The molecule has 0 aromatic carbocycles. The van der Waals surface area contributed by atoms with Gasteiger partial charge in [0.25, 0.3) is 0 Å². The molecule has 0 aromatic rings. The van der Waals surface area contributed by atoms with Crippen molar-refractivity contribution in [1.82, 2.24) is 15.1 Å². The van der Waals surface area contributed by atoms with E-state index in [2.05, 4.69) is 10.2 Å². The van der Waals surface area contributed by atoms with Crippen LogP contribution in [0, 0.1) is 0 Å². The third kappa shape index (κ3) is 4.37. The molecular formula is C12H21N3O5. The summed E-state index contributed by atoms with van der Waals surface area (Å²) in [6.07, 6.45) is -0.633. The summed E-state index contributed by atoms with van der Waals surface area (Å²) in [6.45, 7) is 6.66. The van der Waals surface area contributed by atoms with Gasteiger partial charge in [-0.25, -0.2) is 9.59 Å². The van der Waals surface area contributed by atoms with Gasteiger partial charge in [0.15, 0.2) is 0 Å². The summed E-state index contributed by atoms with van der Waals surface area (Å²) < 4.78 is 0. The second-order valence-electron chi connectivity index (χ2n) is 4.86. The minimum absolute atomic E-state index is 0.197. The molecule has 1 aliphatic rings. The van der Waals surface area contributed by atoms with Crippen molar-refractivity contribution in [1.29, 1.82) is 0 Å². The van der Waals surface area contributed by atoms with Crippen molar-refractivity contribution >= 4 is 18.0 Å². The number of nitrogens with zero attached hydrogens (tertiary/aromatic N) is 2. The molecule has 1 saturated heterocycles. The number of carbonyl (C=O) groups is 3. The lowest BCUT2D eigenvalue weighted by Crippen LogP contribution is -2.57. The highest BCUT2D eigenvalue weighted by Gasteiger charge is 2.29. The van der Waals surface area contributed by atoms with E-state index in [4.69, 9.17) is 10.2 Å². The molecule has 1 aliphatic heterocycles. The molecule has 0 bridgehead atoms. The summed E-state index contributed by atoms with van der Waals surface area (Å²) in [5, 5.41) is 19.8. The SMILES string of the molecule is CCN1CCN(C(=O)NC(CC(=O)O)C(=O)O)CC1C. The normalized spacial score (nSPS) is 21.3. The van der Waals surface area contributed by atoms with E-state index in [0.29, 0.717) is 13.1 Å². The number of carboxylic acids is 2. The molecule has 1 heterocycles. The van der Waals surface area contributed by atoms with Gasteiger partial charge < -0.3 is 20.4 Å². The number of rotatable bonds is 5. The Bertz CT molecular complexity index is 387.